The Bertz CT molecular complexity index is 781. The van der Waals surface area contributed by atoms with E-state index in [1.807, 2.05) is 0 Å². The molecule has 21 heavy (non-hydrogen) atoms. The van der Waals surface area contributed by atoms with Crippen molar-refractivity contribution in [1.29, 1.82) is 0 Å². The van der Waals surface area contributed by atoms with Crippen LogP contribution in [0.1, 0.15) is 31.8 Å². The fourth-order valence-electron chi connectivity index (χ4n) is 2.45. The van der Waals surface area contributed by atoms with Gasteiger partial charge in [0.15, 0.2) is 11.6 Å². The van der Waals surface area contributed by atoms with E-state index in [-0.39, 0.29) is 23.7 Å². The first kappa shape index (κ1) is 13.2. The predicted octanol–water partition coefficient (Wildman–Crippen LogP) is 1.36. The van der Waals surface area contributed by atoms with Crippen LogP contribution in [0.5, 0.6) is 0 Å². The van der Waals surface area contributed by atoms with Gasteiger partial charge in [0.05, 0.1) is 17.8 Å². The van der Waals surface area contributed by atoms with Crippen LogP contribution in [0.3, 0.4) is 0 Å². The summed E-state index contributed by atoms with van der Waals surface area (Å²) in [5.41, 5.74) is 6.85. The standard InChI is InChI=1S/C16H12N2O3/c17-8-13(19)18-12-7-3-6-11-14(12)16(21)10-5-2-1-4-9(10)15(11)20/h1-7H,8,17H2,(H,18,19). The minimum atomic E-state index is -0.414. The molecule has 1 aliphatic carbocycles. The fourth-order valence-corrected chi connectivity index (χ4v) is 2.45. The third-order valence-electron chi connectivity index (χ3n) is 3.41. The van der Waals surface area contributed by atoms with Crippen LogP contribution in [0.4, 0.5) is 5.69 Å². The Hall–Kier alpha value is -2.79. The molecule has 0 unspecified atom stereocenters. The highest BCUT2D eigenvalue weighted by Crippen LogP contribution is 2.31. The number of ketones is 2. The second-order valence-electron chi connectivity index (χ2n) is 4.68. The van der Waals surface area contributed by atoms with Crippen LogP contribution in [-0.4, -0.2) is 24.0 Å². The van der Waals surface area contributed by atoms with Gasteiger partial charge in [-0.15, -0.1) is 0 Å². The van der Waals surface area contributed by atoms with E-state index in [0.717, 1.165) is 0 Å². The number of carbonyl (C=O) groups is 3. The maximum atomic E-state index is 12.6. The van der Waals surface area contributed by atoms with E-state index in [1.165, 1.54) is 0 Å². The quantitative estimate of drug-likeness (QED) is 0.741. The third kappa shape index (κ3) is 2.04. The van der Waals surface area contributed by atoms with Crippen LogP contribution in [0.15, 0.2) is 42.5 Å². The fraction of sp³-hybridized carbons (Fsp3) is 0.0625. The first-order chi connectivity index (χ1) is 10.1. The molecule has 0 fully saturated rings. The van der Waals surface area contributed by atoms with Crippen molar-refractivity contribution in [2.24, 2.45) is 5.73 Å². The minimum absolute atomic E-state index is 0.192. The number of nitrogens with one attached hydrogen (secondary N) is 1. The lowest BCUT2D eigenvalue weighted by Gasteiger charge is -2.20. The Kier molecular flexibility index (Phi) is 3.12. The van der Waals surface area contributed by atoms with E-state index in [4.69, 9.17) is 5.73 Å². The lowest BCUT2D eigenvalue weighted by molar-refractivity contribution is -0.114. The number of amides is 1. The van der Waals surface area contributed by atoms with E-state index in [0.29, 0.717) is 22.4 Å². The zero-order valence-electron chi connectivity index (χ0n) is 11.1. The molecule has 0 aliphatic heterocycles. The van der Waals surface area contributed by atoms with Crippen molar-refractivity contribution in [2.75, 3.05) is 11.9 Å². The van der Waals surface area contributed by atoms with Gasteiger partial charge in [-0.05, 0) is 6.07 Å². The second-order valence-corrected chi connectivity index (χ2v) is 4.68. The molecule has 0 saturated carbocycles. The van der Waals surface area contributed by atoms with Gasteiger partial charge >= 0.3 is 0 Å². The Labute approximate surface area is 120 Å². The Balaban J connectivity index is 2.19. The van der Waals surface area contributed by atoms with E-state index in [9.17, 15) is 14.4 Å². The summed E-state index contributed by atoms with van der Waals surface area (Å²) in [5, 5.41) is 2.56. The normalized spacial score (nSPS) is 12.6. The van der Waals surface area contributed by atoms with Crippen molar-refractivity contribution in [3.05, 3.63) is 64.7 Å². The maximum absolute atomic E-state index is 12.6. The smallest absolute Gasteiger partial charge is 0.238 e. The highest BCUT2D eigenvalue weighted by Gasteiger charge is 2.31. The van der Waals surface area contributed by atoms with Crippen LogP contribution in [0.25, 0.3) is 0 Å². The molecule has 5 nitrogen and oxygen atoms in total. The number of hydrogen-bond acceptors (Lipinski definition) is 4. The minimum Gasteiger partial charge on any atom is -0.324 e. The Morgan fingerprint density at radius 2 is 1.52 bits per heavy atom. The van der Waals surface area contributed by atoms with E-state index in [1.54, 1.807) is 42.5 Å². The highest BCUT2D eigenvalue weighted by atomic mass is 16.2. The van der Waals surface area contributed by atoms with Gasteiger partial charge in [-0.2, -0.15) is 0 Å². The molecule has 1 aliphatic rings. The van der Waals surface area contributed by atoms with Gasteiger partial charge in [-0.25, -0.2) is 0 Å². The largest absolute Gasteiger partial charge is 0.324 e. The summed E-state index contributed by atoms with van der Waals surface area (Å²) in [6.07, 6.45) is 0. The van der Waals surface area contributed by atoms with Crippen LogP contribution < -0.4 is 11.1 Å². The molecule has 0 bridgehead atoms. The number of nitrogens with two attached hydrogens (primary N) is 1. The predicted molar refractivity (Wildman–Crippen MR) is 77.4 cm³/mol. The molecule has 2 aromatic rings. The van der Waals surface area contributed by atoms with Crippen LogP contribution in [0, 0.1) is 0 Å². The molecule has 2 aromatic carbocycles. The zero-order valence-corrected chi connectivity index (χ0v) is 11.1. The van der Waals surface area contributed by atoms with Crippen LogP contribution in [-0.2, 0) is 4.79 Å². The topological polar surface area (TPSA) is 89.3 Å². The Morgan fingerprint density at radius 3 is 2.19 bits per heavy atom. The lowest BCUT2D eigenvalue weighted by Crippen LogP contribution is -2.26. The first-order valence-corrected chi connectivity index (χ1v) is 6.45. The van der Waals surface area contributed by atoms with Crippen molar-refractivity contribution in [3.8, 4) is 0 Å². The molecule has 0 heterocycles. The third-order valence-corrected chi connectivity index (χ3v) is 3.41. The first-order valence-electron chi connectivity index (χ1n) is 6.45. The molecule has 5 heteroatoms. The van der Waals surface area contributed by atoms with Gasteiger partial charge in [-0.3, -0.25) is 14.4 Å². The average Bonchev–Trinajstić information content (AvgIpc) is 2.52. The van der Waals surface area contributed by atoms with E-state index >= 15 is 0 Å². The molecule has 0 spiro atoms. The van der Waals surface area contributed by atoms with Crippen molar-refractivity contribution < 1.29 is 14.4 Å². The highest BCUT2D eigenvalue weighted by molar-refractivity contribution is 6.30. The van der Waals surface area contributed by atoms with Crippen LogP contribution >= 0.6 is 0 Å². The summed E-state index contributed by atoms with van der Waals surface area (Å²) >= 11 is 0. The van der Waals surface area contributed by atoms with Gasteiger partial charge < -0.3 is 11.1 Å². The van der Waals surface area contributed by atoms with Crippen molar-refractivity contribution >= 4 is 23.2 Å². The molecule has 3 N–H and O–H groups in total. The van der Waals surface area contributed by atoms with Gasteiger partial charge in [0.25, 0.3) is 0 Å². The molecular formula is C16H12N2O3. The summed E-state index contributed by atoms with van der Waals surface area (Å²) < 4.78 is 0. The summed E-state index contributed by atoms with van der Waals surface area (Å²) in [5.74, 6) is -0.903. The summed E-state index contributed by atoms with van der Waals surface area (Å²) in [6.45, 7) is -0.192. The molecule has 0 atom stereocenters. The summed E-state index contributed by atoms with van der Waals surface area (Å²) in [4.78, 5) is 36.5. The second kappa shape index (κ2) is 4.96. The summed E-state index contributed by atoms with van der Waals surface area (Å²) in [7, 11) is 0. The summed E-state index contributed by atoms with van der Waals surface area (Å²) in [6, 6.07) is 11.5. The monoisotopic (exact) mass is 280 g/mol. The lowest BCUT2D eigenvalue weighted by atomic mass is 9.83. The number of benzene rings is 2. The van der Waals surface area contributed by atoms with E-state index in [2.05, 4.69) is 5.32 Å². The SMILES string of the molecule is NCC(=O)Nc1cccc2c1C(=O)c1ccccc1C2=O. The number of anilines is 1. The van der Waals surface area contributed by atoms with E-state index < -0.39 is 5.91 Å². The molecule has 1 amide bonds. The van der Waals surface area contributed by atoms with Gasteiger partial charge in [0, 0.05) is 16.7 Å². The Morgan fingerprint density at radius 1 is 0.905 bits per heavy atom. The molecule has 0 aromatic heterocycles. The number of fused-ring (bicyclic) bond motifs is 2. The molecule has 0 saturated heterocycles. The number of carbonyl (C=O) groups excluding carboxylic acids is 3. The molecular weight excluding hydrogens is 268 g/mol. The number of hydrogen-bond donors (Lipinski definition) is 2. The van der Waals surface area contributed by atoms with Gasteiger partial charge in [0.2, 0.25) is 5.91 Å². The molecule has 3 rings (SSSR count). The molecule has 104 valence electrons. The van der Waals surface area contributed by atoms with Crippen molar-refractivity contribution in [3.63, 3.8) is 0 Å². The average molecular weight is 280 g/mol. The van der Waals surface area contributed by atoms with Crippen molar-refractivity contribution in [2.45, 2.75) is 0 Å². The zero-order chi connectivity index (χ0) is 15.0. The molecule has 0 radical (unpaired) electrons. The van der Waals surface area contributed by atoms with Crippen molar-refractivity contribution in [1.82, 2.24) is 0 Å². The maximum Gasteiger partial charge on any atom is 0.238 e. The van der Waals surface area contributed by atoms with Gasteiger partial charge in [-0.1, -0.05) is 36.4 Å². The van der Waals surface area contributed by atoms with Gasteiger partial charge in [0.1, 0.15) is 0 Å². The van der Waals surface area contributed by atoms with Crippen LogP contribution in [0.2, 0.25) is 0 Å². The number of rotatable bonds is 2.